The smallest absolute Gasteiger partial charge is 0.243 e. The van der Waals surface area contributed by atoms with Gasteiger partial charge in [0, 0.05) is 26.1 Å². The normalized spacial score (nSPS) is 16.5. The Morgan fingerprint density at radius 3 is 2.46 bits per heavy atom. The van der Waals surface area contributed by atoms with Gasteiger partial charge in [-0.2, -0.15) is 9.40 Å². The Bertz CT molecular complexity index is 869. The second kappa shape index (κ2) is 7.59. The van der Waals surface area contributed by atoms with Crippen LogP contribution in [0, 0.1) is 12.8 Å². The SMILES string of the molecule is Cc1cc(CNC(=O)C2CCN(S(=O)(=O)c3ccccc3)CC2)n(C)n1. The minimum Gasteiger partial charge on any atom is -0.350 e. The Hall–Kier alpha value is -2.19. The van der Waals surface area contributed by atoms with Gasteiger partial charge in [-0.25, -0.2) is 8.42 Å². The first-order valence-electron chi connectivity index (χ1n) is 8.70. The summed E-state index contributed by atoms with van der Waals surface area (Å²) in [5, 5.41) is 7.20. The van der Waals surface area contributed by atoms with Gasteiger partial charge in [0.15, 0.2) is 0 Å². The van der Waals surface area contributed by atoms with Gasteiger partial charge in [0.1, 0.15) is 0 Å². The zero-order valence-electron chi connectivity index (χ0n) is 15.1. The zero-order valence-corrected chi connectivity index (χ0v) is 15.9. The van der Waals surface area contributed by atoms with E-state index >= 15 is 0 Å². The first kappa shape index (κ1) is 18.6. The fraction of sp³-hybridized carbons (Fsp3) is 0.444. The number of carbonyl (C=O) groups is 1. The van der Waals surface area contributed by atoms with Gasteiger partial charge in [0.25, 0.3) is 0 Å². The third-order valence-electron chi connectivity index (χ3n) is 4.75. The van der Waals surface area contributed by atoms with Gasteiger partial charge in [0.05, 0.1) is 22.8 Å². The van der Waals surface area contributed by atoms with E-state index < -0.39 is 10.0 Å². The Morgan fingerprint density at radius 2 is 1.88 bits per heavy atom. The molecule has 8 heteroatoms. The number of piperidine rings is 1. The lowest BCUT2D eigenvalue weighted by molar-refractivity contribution is -0.126. The van der Waals surface area contributed by atoms with Crippen molar-refractivity contribution in [3.8, 4) is 0 Å². The highest BCUT2D eigenvalue weighted by Crippen LogP contribution is 2.23. The van der Waals surface area contributed by atoms with Crippen molar-refractivity contribution in [3.05, 3.63) is 47.8 Å². The Balaban J connectivity index is 1.55. The number of sulfonamides is 1. The summed E-state index contributed by atoms with van der Waals surface area (Å²) in [7, 11) is -1.63. The molecule has 1 aromatic heterocycles. The van der Waals surface area contributed by atoms with Gasteiger partial charge in [-0.05, 0) is 38.0 Å². The number of hydrogen-bond acceptors (Lipinski definition) is 4. The van der Waals surface area contributed by atoms with Crippen LogP contribution in [-0.4, -0.2) is 41.5 Å². The lowest BCUT2D eigenvalue weighted by Gasteiger charge is -2.30. The maximum atomic E-state index is 12.6. The second-order valence-corrected chi connectivity index (χ2v) is 8.55. The number of benzene rings is 1. The lowest BCUT2D eigenvalue weighted by Crippen LogP contribution is -2.42. The number of amides is 1. The number of nitrogens with one attached hydrogen (secondary N) is 1. The van der Waals surface area contributed by atoms with Crippen molar-refractivity contribution >= 4 is 15.9 Å². The van der Waals surface area contributed by atoms with E-state index in [1.807, 2.05) is 20.0 Å². The molecule has 140 valence electrons. The van der Waals surface area contributed by atoms with Gasteiger partial charge in [-0.15, -0.1) is 0 Å². The lowest BCUT2D eigenvalue weighted by atomic mass is 9.97. The van der Waals surface area contributed by atoms with Gasteiger partial charge >= 0.3 is 0 Å². The van der Waals surface area contributed by atoms with Crippen LogP contribution in [0.2, 0.25) is 0 Å². The second-order valence-electron chi connectivity index (χ2n) is 6.61. The van der Waals surface area contributed by atoms with E-state index in [-0.39, 0.29) is 11.8 Å². The molecule has 0 bridgehead atoms. The van der Waals surface area contributed by atoms with Gasteiger partial charge in [-0.1, -0.05) is 18.2 Å². The molecule has 1 amide bonds. The molecule has 7 nitrogen and oxygen atoms in total. The molecule has 3 rings (SSSR count). The van der Waals surface area contributed by atoms with E-state index in [2.05, 4.69) is 10.4 Å². The fourth-order valence-corrected chi connectivity index (χ4v) is 4.74. The highest BCUT2D eigenvalue weighted by Gasteiger charge is 2.31. The standard InChI is InChI=1S/C18H24N4O3S/c1-14-12-16(21(2)20-14)13-19-18(23)15-8-10-22(11-9-15)26(24,25)17-6-4-3-5-7-17/h3-7,12,15H,8-11,13H2,1-2H3,(H,19,23). The van der Waals surface area contributed by atoms with Gasteiger partial charge in [0.2, 0.25) is 15.9 Å². The molecule has 1 saturated heterocycles. The van der Waals surface area contributed by atoms with Crippen LogP contribution in [0.25, 0.3) is 0 Å². The summed E-state index contributed by atoms with van der Waals surface area (Å²) < 4.78 is 28.5. The molecule has 0 saturated carbocycles. The third kappa shape index (κ3) is 3.96. The molecule has 2 aromatic rings. The Kier molecular flexibility index (Phi) is 5.43. The van der Waals surface area contributed by atoms with Crippen LogP contribution in [0.15, 0.2) is 41.3 Å². The summed E-state index contributed by atoms with van der Waals surface area (Å²) in [5.41, 5.74) is 1.86. The van der Waals surface area contributed by atoms with Crippen molar-refractivity contribution in [1.82, 2.24) is 19.4 Å². The quantitative estimate of drug-likeness (QED) is 0.856. The van der Waals surface area contributed by atoms with Crippen molar-refractivity contribution < 1.29 is 13.2 Å². The number of aryl methyl sites for hydroxylation is 2. The first-order valence-corrected chi connectivity index (χ1v) is 10.1. The fourth-order valence-electron chi connectivity index (χ4n) is 3.25. The molecule has 0 spiro atoms. The van der Waals surface area contributed by atoms with Gasteiger partial charge < -0.3 is 5.32 Å². The van der Waals surface area contributed by atoms with E-state index in [0.717, 1.165) is 11.4 Å². The van der Waals surface area contributed by atoms with Crippen molar-refractivity contribution in [2.75, 3.05) is 13.1 Å². The Morgan fingerprint density at radius 1 is 1.23 bits per heavy atom. The van der Waals surface area contributed by atoms with Crippen LogP contribution in [0.1, 0.15) is 24.2 Å². The number of carbonyl (C=O) groups excluding carboxylic acids is 1. The van der Waals surface area contributed by atoms with Crippen LogP contribution in [0.3, 0.4) is 0 Å². The molecular weight excluding hydrogens is 352 g/mol. The summed E-state index contributed by atoms with van der Waals surface area (Å²) in [6.07, 6.45) is 1.06. The predicted octanol–water partition coefficient (Wildman–Crippen LogP) is 1.45. The summed E-state index contributed by atoms with van der Waals surface area (Å²) in [4.78, 5) is 12.7. The molecule has 1 aromatic carbocycles. The summed E-state index contributed by atoms with van der Waals surface area (Å²) in [6.45, 7) is 3.06. The minimum atomic E-state index is -3.48. The van der Waals surface area contributed by atoms with Crippen LogP contribution in [-0.2, 0) is 28.4 Å². The minimum absolute atomic E-state index is 0.0272. The van der Waals surface area contributed by atoms with E-state index in [0.29, 0.717) is 37.4 Å². The number of hydrogen-bond donors (Lipinski definition) is 1. The topological polar surface area (TPSA) is 84.3 Å². The van der Waals surface area contributed by atoms with E-state index in [4.69, 9.17) is 0 Å². The first-order chi connectivity index (χ1) is 12.4. The molecule has 0 atom stereocenters. The molecule has 1 aliphatic heterocycles. The number of nitrogens with zero attached hydrogens (tertiary/aromatic N) is 3. The molecule has 0 radical (unpaired) electrons. The molecule has 0 unspecified atom stereocenters. The molecule has 1 fully saturated rings. The highest BCUT2D eigenvalue weighted by molar-refractivity contribution is 7.89. The summed E-state index contributed by atoms with van der Waals surface area (Å²) >= 11 is 0. The van der Waals surface area contributed by atoms with Crippen LogP contribution >= 0.6 is 0 Å². The number of aromatic nitrogens is 2. The monoisotopic (exact) mass is 376 g/mol. The molecule has 1 aliphatic rings. The largest absolute Gasteiger partial charge is 0.350 e. The van der Waals surface area contributed by atoms with Crippen LogP contribution in [0.5, 0.6) is 0 Å². The molecule has 1 N–H and O–H groups in total. The zero-order chi connectivity index (χ0) is 18.7. The maximum Gasteiger partial charge on any atom is 0.243 e. The average molecular weight is 376 g/mol. The van der Waals surface area contributed by atoms with Crippen LogP contribution in [0.4, 0.5) is 0 Å². The van der Waals surface area contributed by atoms with Crippen LogP contribution < -0.4 is 5.32 Å². The molecule has 2 heterocycles. The summed E-state index contributed by atoms with van der Waals surface area (Å²) in [6, 6.07) is 10.4. The van der Waals surface area contributed by atoms with E-state index in [1.165, 1.54) is 4.31 Å². The van der Waals surface area contributed by atoms with Crippen molar-refractivity contribution in [2.24, 2.45) is 13.0 Å². The van der Waals surface area contributed by atoms with E-state index in [1.54, 1.807) is 35.0 Å². The molecule has 26 heavy (non-hydrogen) atoms. The number of rotatable bonds is 5. The maximum absolute atomic E-state index is 12.6. The predicted molar refractivity (Wildman–Crippen MR) is 97.7 cm³/mol. The van der Waals surface area contributed by atoms with E-state index in [9.17, 15) is 13.2 Å². The highest BCUT2D eigenvalue weighted by atomic mass is 32.2. The van der Waals surface area contributed by atoms with Crippen molar-refractivity contribution in [2.45, 2.75) is 31.2 Å². The Labute approximate surface area is 154 Å². The molecule has 0 aliphatic carbocycles. The average Bonchev–Trinajstić information content (AvgIpc) is 2.97. The van der Waals surface area contributed by atoms with Crippen molar-refractivity contribution in [3.63, 3.8) is 0 Å². The van der Waals surface area contributed by atoms with Crippen molar-refractivity contribution in [1.29, 1.82) is 0 Å². The third-order valence-corrected chi connectivity index (χ3v) is 6.66. The van der Waals surface area contributed by atoms with Gasteiger partial charge in [-0.3, -0.25) is 9.48 Å². The summed E-state index contributed by atoms with van der Waals surface area (Å²) in [5.74, 6) is -0.188. The molecular formula is C18H24N4O3S.